The predicted molar refractivity (Wildman–Crippen MR) is 139 cm³/mol. The number of hydrogen-bond acceptors (Lipinski definition) is 8. The third-order valence-corrected chi connectivity index (χ3v) is 7.12. The molecule has 2 aromatic heterocycles. The van der Waals surface area contributed by atoms with E-state index in [0.717, 1.165) is 40.0 Å². The number of aromatic nitrogens is 3. The number of hydrogen-bond donors (Lipinski definition) is 1. The van der Waals surface area contributed by atoms with Crippen molar-refractivity contribution in [2.75, 3.05) is 18.2 Å². The van der Waals surface area contributed by atoms with Gasteiger partial charge in [0.2, 0.25) is 15.0 Å². The second kappa shape index (κ2) is 10.3. The van der Waals surface area contributed by atoms with Gasteiger partial charge in [-0.1, -0.05) is 24.3 Å². The minimum atomic E-state index is -3.60. The SMILES string of the molecule is Cc1ccc(OCCn2cc(C=C(C#N)C(=O)Nc3nc(S(C)(=O)=O)ns3)c3ccccc32)cc1C. The number of aryl methyl sites for hydroxylation is 2. The zero-order valence-electron chi connectivity index (χ0n) is 19.8. The highest BCUT2D eigenvalue weighted by molar-refractivity contribution is 7.90. The summed E-state index contributed by atoms with van der Waals surface area (Å²) >= 11 is 0.728. The number of para-hydroxylation sites is 1. The number of rotatable bonds is 8. The van der Waals surface area contributed by atoms with Gasteiger partial charge in [-0.25, -0.2) is 8.42 Å². The molecule has 184 valence electrons. The van der Waals surface area contributed by atoms with Gasteiger partial charge in [0.25, 0.3) is 11.1 Å². The number of carbonyl (C=O) groups excluding carboxylic acids is 1. The lowest BCUT2D eigenvalue weighted by Crippen LogP contribution is -2.13. The lowest BCUT2D eigenvalue weighted by Gasteiger charge is -2.10. The van der Waals surface area contributed by atoms with Gasteiger partial charge in [0.05, 0.1) is 6.54 Å². The van der Waals surface area contributed by atoms with Crippen molar-refractivity contribution < 1.29 is 17.9 Å². The smallest absolute Gasteiger partial charge is 0.268 e. The van der Waals surface area contributed by atoms with Gasteiger partial charge in [-0.2, -0.15) is 14.6 Å². The number of sulfone groups is 1. The summed E-state index contributed by atoms with van der Waals surface area (Å²) < 4.78 is 34.8. The van der Waals surface area contributed by atoms with Crippen LogP contribution < -0.4 is 10.1 Å². The second-order valence-electron chi connectivity index (χ2n) is 8.17. The first-order valence-corrected chi connectivity index (χ1v) is 13.6. The summed E-state index contributed by atoms with van der Waals surface area (Å²) in [6.45, 7) is 5.10. The van der Waals surface area contributed by atoms with Crippen molar-refractivity contribution in [2.45, 2.75) is 25.5 Å². The van der Waals surface area contributed by atoms with Gasteiger partial charge in [-0.15, -0.1) is 0 Å². The minimum absolute atomic E-state index is 0.00695. The van der Waals surface area contributed by atoms with Gasteiger partial charge in [0.1, 0.15) is 24.0 Å². The van der Waals surface area contributed by atoms with Crippen LogP contribution in [0, 0.1) is 25.2 Å². The molecule has 4 rings (SSSR count). The number of nitrogens with one attached hydrogen (secondary N) is 1. The number of benzene rings is 2. The second-order valence-corrected chi connectivity index (χ2v) is 10.8. The molecule has 0 aliphatic heterocycles. The summed E-state index contributed by atoms with van der Waals surface area (Å²) in [5, 5.41) is 12.6. The van der Waals surface area contributed by atoms with Gasteiger partial charge in [-0.05, 0) is 49.2 Å². The molecule has 0 atom stereocenters. The molecule has 11 heteroatoms. The van der Waals surface area contributed by atoms with Crippen molar-refractivity contribution in [2.24, 2.45) is 0 Å². The highest BCUT2D eigenvalue weighted by Gasteiger charge is 2.18. The van der Waals surface area contributed by atoms with Crippen LogP contribution in [0.4, 0.5) is 5.13 Å². The Kier molecular flexibility index (Phi) is 7.19. The summed E-state index contributed by atoms with van der Waals surface area (Å²) in [4.78, 5) is 16.5. The van der Waals surface area contributed by atoms with E-state index in [2.05, 4.69) is 21.6 Å². The molecule has 0 fully saturated rings. The molecule has 36 heavy (non-hydrogen) atoms. The third-order valence-electron chi connectivity index (χ3n) is 5.52. The van der Waals surface area contributed by atoms with Crippen LogP contribution in [0.2, 0.25) is 0 Å². The first kappa shape index (κ1) is 25.1. The van der Waals surface area contributed by atoms with Crippen LogP contribution in [-0.2, 0) is 21.2 Å². The van der Waals surface area contributed by atoms with Crippen LogP contribution in [0.25, 0.3) is 17.0 Å². The van der Waals surface area contributed by atoms with E-state index in [0.29, 0.717) is 18.7 Å². The largest absolute Gasteiger partial charge is 0.492 e. The zero-order valence-corrected chi connectivity index (χ0v) is 21.5. The third kappa shape index (κ3) is 5.62. The van der Waals surface area contributed by atoms with Crippen LogP contribution >= 0.6 is 11.5 Å². The maximum absolute atomic E-state index is 12.7. The number of carbonyl (C=O) groups is 1. The van der Waals surface area contributed by atoms with E-state index in [9.17, 15) is 18.5 Å². The molecule has 4 aromatic rings. The molecule has 2 aromatic carbocycles. The van der Waals surface area contributed by atoms with E-state index in [-0.39, 0.29) is 15.9 Å². The molecule has 0 aliphatic rings. The number of nitrogens with zero attached hydrogens (tertiary/aromatic N) is 4. The Morgan fingerprint density at radius 2 is 2.00 bits per heavy atom. The van der Waals surface area contributed by atoms with E-state index in [1.165, 1.54) is 11.6 Å². The van der Waals surface area contributed by atoms with Crippen molar-refractivity contribution in [3.8, 4) is 11.8 Å². The molecule has 1 N–H and O–H groups in total. The first-order valence-electron chi connectivity index (χ1n) is 10.9. The van der Waals surface area contributed by atoms with Crippen molar-refractivity contribution in [1.29, 1.82) is 5.26 Å². The Morgan fingerprint density at radius 1 is 1.22 bits per heavy atom. The predicted octanol–water partition coefficient (Wildman–Crippen LogP) is 4.14. The summed E-state index contributed by atoms with van der Waals surface area (Å²) in [6.07, 6.45) is 4.34. The van der Waals surface area contributed by atoms with Crippen LogP contribution in [0.1, 0.15) is 16.7 Å². The van der Waals surface area contributed by atoms with Crippen molar-refractivity contribution in [3.63, 3.8) is 0 Å². The van der Waals surface area contributed by atoms with Crippen LogP contribution in [0.5, 0.6) is 5.75 Å². The fourth-order valence-corrected chi connectivity index (χ4v) is 4.96. The number of fused-ring (bicyclic) bond motifs is 1. The maximum atomic E-state index is 12.7. The van der Waals surface area contributed by atoms with Crippen LogP contribution in [0.15, 0.2) is 59.4 Å². The number of ether oxygens (including phenoxy) is 1. The van der Waals surface area contributed by atoms with Crippen molar-refractivity contribution in [1.82, 2.24) is 13.9 Å². The molecule has 0 bridgehead atoms. The Balaban J connectivity index is 1.54. The molecule has 0 saturated heterocycles. The maximum Gasteiger partial charge on any atom is 0.268 e. The summed E-state index contributed by atoms with van der Waals surface area (Å²) in [6, 6.07) is 15.6. The Bertz CT molecular complexity index is 1630. The van der Waals surface area contributed by atoms with E-state index >= 15 is 0 Å². The minimum Gasteiger partial charge on any atom is -0.492 e. The molecule has 1 amide bonds. The first-order chi connectivity index (χ1) is 17.2. The lowest BCUT2D eigenvalue weighted by molar-refractivity contribution is -0.112. The zero-order chi connectivity index (χ0) is 25.9. The fourth-order valence-electron chi connectivity index (χ4n) is 3.52. The number of amides is 1. The molecule has 2 heterocycles. The average molecular weight is 522 g/mol. The van der Waals surface area contributed by atoms with Gasteiger partial charge in [0, 0.05) is 40.5 Å². The molecule has 9 nitrogen and oxygen atoms in total. The number of nitriles is 1. The highest BCUT2D eigenvalue weighted by atomic mass is 32.2. The lowest BCUT2D eigenvalue weighted by atomic mass is 10.1. The Labute approximate surface area is 212 Å². The van der Waals surface area contributed by atoms with E-state index in [1.807, 2.05) is 66.2 Å². The summed E-state index contributed by atoms with van der Waals surface area (Å²) in [5.74, 6) is 0.0948. The van der Waals surface area contributed by atoms with Crippen LogP contribution in [-0.4, -0.2) is 41.1 Å². The molecular weight excluding hydrogens is 498 g/mol. The molecule has 0 saturated carbocycles. The molecule has 0 spiro atoms. The molecular formula is C25H23N5O4S2. The average Bonchev–Trinajstić information content (AvgIpc) is 3.45. The van der Waals surface area contributed by atoms with Crippen LogP contribution in [0.3, 0.4) is 0 Å². The number of anilines is 1. The molecule has 0 unspecified atom stereocenters. The van der Waals surface area contributed by atoms with E-state index in [4.69, 9.17) is 4.74 Å². The standard InChI is InChI=1S/C25H23N5O4S2/c1-16-8-9-20(12-17(16)2)34-11-10-30-15-19(21-6-4-5-7-22(21)30)13-18(14-26)23(31)27-24-28-25(29-35-24)36(3,32)33/h4-9,12-13,15H,10-11H2,1-3H3,(H,27,28,29,31). The molecule has 0 aliphatic carbocycles. The molecule has 0 radical (unpaired) electrons. The Morgan fingerprint density at radius 3 is 2.69 bits per heavy atom. The highest BCUT2D eigenvalue weighted by Crippen LogP contribution is 2.25. The van der Waals surface area contributed by atoms with Gasteiger partial charge in [0.15, 0.2) is 0 Å². The van der Waals surface area contributed by atoms with Gasteiger partial charge in [-0.3, -0.25) is 10.1 Å². The van der Waals surface area contributed by atoms with E-state index < -0.39 is 15.7 Å². The Hall–Kier alpha value is -4.01. The normalized spacial score (nSPS) is 11.9. The van der Waals surface area contributed by atoms with Gasteiger partial charge < -0.3 is 9.30 Å². The van der Waals surface area contributed by atoms with Gasteiger partial charge >= 0.3 is 0 Å². The van der Waals surface area contributed by atoms with E-state index in [1.54, 1.807) is 0 Å². The quantitative estimate of drug-likeness (QED) is 0.273. The fraction of sp³-hybridized carbons (Fsp3) is 0.200. The monoisotopic (exact) mass is 521 g/mol. The van der Waals surface area contributed by atoms with Crippen molar-refractivity contribution in [3.05, 3.63) is 70.9 Å². The summed E-state index contributed by atoms with van der Waals surface area (Å²) in [5.41, 5.74) is 3.84. The summed E-state index contributed by atoms with van der Waals surface area (Å²) in [7, 11) is -3.60. The van der Waals surface area contributed by atoms with Crippen molar-refractivity contribution >= 4 is 49.4 Å². The topological polar surface area (TPSA) is 127 Å².